The zero-order chi connectivity index (χ0) is 19.9. The van der Waals surface area contributed by atoms with E-state index in [1.165, 1.54) is 18.2 Å². The SMILES string of the molecule is CC(C)C(=O)OCCc1ccccc1.COC(=O)CCCc1ccccc1. The van der Waals surface area contributed by atoms with E-state index < -0.39 is 0 Å². The number of hydrogen-bond donors (Lipinski definition) is 0. The van der Waals surface area contributed by atoms with Crippen molar-refractivity contribution in [3.8, 4) is 0 Å². The summed E-state index contributed by atoms with van der Waals surface area (Å²) in [7, 11) is 1.42. The second-order valence-electron chi connectivity index (χ2n) is 6.47. The maximum absolute atomic E-state index is 11.1. The fraction of sp³-hybridized carbons (Fsp3) is 0.391. The summed E-state index contributed by atoms with van der Waals surface area (Å²) in [6.07, 6.45) is 3.09. The smallest absolute Gasteiger partial charge is 0.308 e. The summed E-state index contributed by atoms with van der Waals surface area (Å²) in [5, 5.41) is 0. The number of ether oxygens (including phenoxy) is 2. The van der Waals surface area contributed by atoms with E-state index in [9.17, 15) is 9.59 Å². The molecule has 4 heteroatoms. The quantitative estimate of drug-likeness (QED) is 0.637. The number of carbonyl (C=O) groups excluding carboxylic acids is 2. The average Bonchev–Trinajstić information content (AvgIpc) is 2.70. The minimum atomic E-state index is -0.129. The number of carbonyl (C=O) groups is 2. The molecule has 2 rings (SSSR count). The number of hydrogen-bond acceptors (Lipinski definition) is 4. The van der Waals surface area contributed by atoms with Crippen LogP contribution in [-0.2, 0) is 31.9 Å². The van der Waals surface area contributed by atoms with Gasteiger partial charge < -0.3 is 9.47 Å². The highest BCUT2D eigenvalue weighted by molar-refractivity contribution is 5.71. The van der Waals surface area contributed by atoms with Crippen LogP contribution in [0.2, 0.25) is 0 Å². The highest BCUT2D eigenvalue weighted by Crippen LogP contribution is 2.04. The number of benzene rings is 2. The van der Waals surface area contributed by atoms with Gasteiger partial charge in [0.25, 0.3) is 0 Å². The summed E-state index contributed by atoms with van der Waals surface area (Å²) in [4.78, 5) is 21.9. The van der Waals surface area contributed by atoms with E-state index >= 15 is 0 Å². The summed E-state index contributed by atoms with van der Waals surface area (Å²) in [6, 6.07) is 20.1. The van der Waals surface area contributed by atoms with Crippen molar-refractivity contribution in [3.05, 3.63) is 71.8 Å². The third kappa shape index (κ3) is 10.9. The topological polar surface area (TPSA) is 52.6 Å². The summed E-state index contributed by atoms with van der Waals surface area (Å²) in [5.74, 6) is -0.289. The van der Waals surface area contributed by atoms with Crippen molar-refractivity contribution in [2.45, 2.75) is 39.5 Å². The number of rotatable bonds is 8. The van der Waals surface area contributed by atoms with Gasteiger partial charge in [0.2, 0.25) is 0 Å². The van der Waals surface area contributed by atoms with Crippen molar-refractivity contribution in [2.24, 2.45) is 5.92 Å². The Morgan fingerprint density at radius 2 is 1.37 bits per heavy atom. The summed E-state index contributed by atoms with van der Waals surface area (Å²) in [5.41, 5.74) is 2.47. The average molecular weight is 370 g/mol. The first-order chi connectivity index (χ1) is 13.0. The van der Waals surface area contributed by atoms with E-state index in [4.69, 9.17) is 4.74 Å². The van der Waals surface area contributed by atoms with E-state index in [2.05, 4.69) is 16.9 Å². The van der Waals surface area contributed by atoms with Gasteiger partial charge in [0, 0.05) is 12.8 Å². The van der Waals surface area contributed by atoms with Gasteiger partial charge in [-0.1, -0.05) is 74.5 Å². The van der Waals surface area contributed by atoms with Gasteiger partial charge in [0.05, 0.1) is 19.6 Å². The fourth-order valence-corrected chi connectivity index (χ4v) is 2.26. The summed E-state index contributed by atoms with van der Waals surface area (Å²) in [6.45, 7) is 4.15. The monoisotopic (exact) mass is 370 g/mol. The van der Waals surface area contributed by atoms with Crippen LogP contribution in [0.25, 0.3) is 0 Å². The van der Waals surface area contributed by atoms with Gasteiger partial charge in [-0.15, -0.1) is 0 Å². The first-order valence-electron chi connectivity index (χ1n) is 9.34. The van der Waals surface area contributed by atoms with Crippen LogP contribution in [0.15, 0.2) is 60.7 Å². The predicted molar refractivity (Wildman–Crippen MR) is 107 cm³/mol. The molecule has 4 nitrogen and oxygen atoms in total. The van der Waals surface area contributed by atoms with Crippen molar-refractivity contribution >= 4 is 11.9 Å². The molecule has 0 aliphatic rings. The molecule has 2 aromatic rings. The lowest BCUT2D eigenvalue weighted by atomic mass is 10.1. The third-order valence-corrected chi connectivity index (χ3v) is 3.87. The first-order valence-corrected chi connectivity index (χ1v) is 9.34. The Hall–Kier alpha value is -2.62. The Balaban J connectivity index is 0.000000271. The van der Waals surface area contributed by atoms with E-state index in [1.807, 2.05) is 62.4 Å². The van der Waals surface area contributed by atoms with Crippen molar-refractivity contribution in [1.29, 1.82) is 0 Å². The molecular weight excluding hydrogens is 340 g/mol. The molecular formula is C23H30O4. The zero-order valence-electron chi connectivity index (χ0n) is 16.5. The van der Waals surface area contributed by atoms with Crippen molar-refractivity contribution in [2.75, 3.05) is 13.7 Å². The molecule has 0 aromatic heterocycles. The van der Waals surface area contributed by atoms with Gasteiger partial charge in [-0.05, 0) is 24.0 Å². The number of aryl methyl sites for hydroxylation is 1. The lowest BCUT2D eigenvalue weighted by Gasteiger charge is -2.06. The third-order valence-electron chi connectivity index (χ3n) is 3.87. The molecule has 0 unspecified atom stereocenters. The van der Waals surface area contributed by atoms with Crippen molar-refractivity contribution in [1.82, 2.24) is 0 Å². The molecule has 0 spiro atoms. The standard InChI is InChI=1S/C12H16O2.C11H14O2/c1-10(2)12(13)14-9-8-11-6-4-3-5-7-11;1-13-11(12)9-5-8-10-6-3-2-4-7-10/h3-7,10H,8-9H2,1-2H3;2-4,6-7H,5,8-9H2,1H3. The highest BCUT2D eigenvalue weighted by Gasteiger charge is 2.07. The van der Waals surface area contributed by atoms with E-state index in [0.29, 0.717) is 13.0 Å². The number of methoxy groups -OCH3 is 1. The Morgan fingerprint density at radius 1 is 0.852 bits per heavy atom. The van der Waals surface area contributed by atoms with Gasteiger partial charge in [0.15, 0.2) is 0 Å². The molecule has 0 heterocycles. The molecule has 0 saturated heterocycles. The minimum absolute atomic E-state index is 0.0363. The molecule has 0 saturated carbocycles. The van der Waals surface area contributed by atoms with Crippen molar-refractivity contribution in [3.63, 3.8) is 0 Å². The van der Waals surface area contributed by atoms with Gasteiger partial charge >= 0.3 is 11.9 Å². The second kappa shape index (κ2) is 13.6. The largest absolute Gasteiger partial charge is 0.469 e. The lowest BCUT2D eigenvalue weighted by molar-refractivity contribution is -0.147. The predicted octanol–water partition coefficient (Wildman–Crippen LogP) is 4.61. The second-order valence-corrected chi connectivity index (χ2v) is 6.47. The van der Waals surface area contributed by atoms with Gasteiger partial charge in [-0.2, -0.15) is 0 Å². The van der Waals surface area contributed by atoms with E-state index in [-0.39, 0.29) is 17.9 Å². The molecule has 0 atom stereocenters. The molecule has 0 amide bonds. The minimum Gasteiger partial charge on any atom is -0.469 e. The molecule has 0 aliphatic carbocycles. The van der Waals surface area contributed by atoms with Crippen molar-refractivity contribution < 1.29 is 19.1 Å². The molecule has 2 aromatic carbocycles. The molecule has 0 N–H and O–H groups in total. The lowest BCUT2D eigenvalue weighted by Crippen LogP contribution is -2.13. The normalized spacial score (nSPS) is 9.93. The van der Waals surface area contributed by atoms with E-state index in [0.717, 1.165) is 19.3 Å². The highest BCUT2D eigenvalue weighted by atomic mass is 16.5. The Kier molecular flexibility index (Phi) is 11.3. The van der Waals surface area contributed by atoms with Crippen LogP contribution >= 0.6 is 0 Å². The maximum atomic E-state index is 11.1. The molecule has 0 radical (unpaired) electrons. The first kappa shape index (κ1) is 22.4. The van der Waals surface area contributed by atoms with Gasteiger partial charge in [0.1, 0.15) is 0 Å². The fourth-order valence-electron chi connectivity index (χ4n) is 2.26. The molecule has 0 fully saturated rings. The molecule has 0 aliphatic heterocycles. The molecule has 0 bridgehead atoms. The Labute approximate surface area is 162 Å². The van der Waals surface area contributed by atoms with Gasteiger partial charge in [-0.25, -0.2) is 0 Å². The Bertz CT molecular complexity index is 651. The zero-order valence-corrected chi connectivity index (χ0v) is 16.5. The van der Waals surface area contributed by atoms with Crippen LogP contribution in [0.4, 0.5) is 0 Å². The summed E-state index contributed by atoms with van der Waals surface area (Å²) < 4.78 is 9.62. The Morgan fingerprint density at radius 3 is 1.85 bits per heavy atom. The maximum Gasteiger partial charge on any atom is 0.308 e. The van der Waals surface area contributed by atoms with Crippen LogP contribution in [-0.4, -0.2) is 25.7 Å². The van der Waals surface area contributed by atoms with Gasteiger partial charge in [-0.3, -0.25) is 9.59 Å². The van der Waals surface area contributed by atoms with Crippen LogP contribution in [0.5, 0.6) is 0 Å². The van der Waals surface area contributed by atoms with Crippen LogP contribution in [0.3, 0.4) is 0 Å². The van der Waals surface area contributed by atoms with Crippen LogP contribution < -0.4 is 0 Å². The molecule has 27 heavy (non-hydrogen) atoms. The molecule has 146 valence electrons. The van der Waals surface area contributed by atoms with Crippen LogP contribution in [0.1, 0.15) is 37.8 Å². The van der Waals surface area contributed by atoms with Crippen LogP contribution in [0, 0.1) is 5.92 Å². The summed E-state index contributed by atoms with van der Waals surface area (Å²) >= 11 is 0. The van der Waals surface area contributed by atoms with E-state index in [1.54, 1.807) is 0 Å². The number of esters is 2.